The predicted molar refractivity (Wildman–Crippen MR) is 97.0 cm³/mol. The summed E-state index contributed by atoms with van der Waals surface area (Å²) < 4.78 is 118. The van der Waals surface area contributed by atoms with Crippen molar-refractivity contribution in [2.24, 2.45) is 0 Å². The van der Waals surface area contributed by atoms with Crippen molar-refractivity contribution in [2.45, 2.75) is 11.0 Å². The van der Waals surface area contributed by atoms with Crippen LogP contribution in [-0.4, -0.2) is 74.5 Å². The highest BCUT2D eigenvalue weighted by atomic mass is 33.1. The smallest absolute Gasteiger partial charge is 0.485 e. The molecule has 0 radical (unpaired) electrons. The quantitative estimate of drug-likeness (QED) is 0.181. The number of rotatable bonds is 2. The van der Waals surface area contributed by atoms with Gasteiger partial charge < -0.3 is 9.11 Å². The molecule has 0 bridgehead atoms. The summed E-state index contributed by atoms with van der Waals surface area (Å²) in [6.45, 7) is 0. The van der Waals surface area contributed by atoms with E-state index < -0.39 is 31.3 Å². The molecule has 0 aromatic carbocycles. The second kappa shape index (κ2) is 14.7. The van der Waals surface area contributed by atoms with Gasteiger partial charge in [0.15, 0.2) is 20.2 Å². The van der Waals surface area contributed by atoms with Gasteiger partial charge in [-0.2, -0.15) is 26.3 Å². The van der Waals surface area contributed by atoms with Gasteiger partial charge in [-0.3, -0.25) is 0 Å². The number of alkyl halides is 6. The van der Waals surface area contributed by atoms with E-state index in [2.05, 4.69) is 37.5 Å². The first kappa shape index (κ1) is 34.3. The highest BCUT2D eigenvalue weighted by Crippen LogP contribution is 2.21. The van der Waals surface area contributed by atoms with Crippen LogP contribution in [0.3, 0.4) is 0 Å². The van der Waals surface area contributed by atoms with E-state index in [-0.39, 0.29) is 0 Å². The van der Waals surface area contributed by atoms with Crippen LogP contribution in [0.4, 0.5) is 26.3 Å². The van der Waals surface area contributed by atoms with Gasteiger partial charge in [0, 0.05) is 12.5 Å². The van der Waals surface area contributed by atoms with E-state index in [0.29, 0.717) is 19.9 Å². The number of halogens is 6. The lowest BCUT2D eigenvalue weighted by atomic mass is 11.6. The maximum atomic E-state index is 10.7. The molecule has 0 saturated carbocycles. The van der Waals surface area contributed by atoms with E-state index in [4.69, 9.17) is 25.9 Å². The Kier molecular flexibility index (Phi) is 19.5. The highest BCUT2D eigenvalue weighted by Gasteiger charge is 2.37. The highest BCUT2D eigenvalue weighted by molar-refractivity contribution is 8.73. The summed E-state index contributed by atoms with van der Waals surface area (Å²) >= 11 is 0. The Labute approximate surface area is 162 Å². The standard InChI is InChI=1S/2C3H9S2.2CHF3O3S/c2*1-4-5(2)3;2*2-1(3,4)8(5,6)7/h2*1-3H3;2*(H,5,6,7)/q2*+1;;/p-2. The number of hydrogen-bond donors (Lipinski definition) is 0. The van der Waals surface area contributed by atoms with E-state index in [1.165, 1.54) is 0 Å². The van der Waals surface area contributed by atoms with Crippen LogP contribution in [0.15, 0.2) is 0 Å². The van der Waals surface area contributed by atoms with E-state index in [1.807, 2.05) is 21.6 Å². The van der Waals surface area contributed by atoms with Gasteiger partial charge in [-0.15, -0.1) is 0 Å². The second-order valence-corrected chi connectivity index (χ2v) is 16.0. The summed E-state index contributed by atoms with van der Waals surface area (Å²) in [6, 6.07) is 0. The third-order valence-corrected chi connectivity index (χ3v) is 7.70. The Hall–Kier alpha value is 0.800. The van der Waals surface area contributed by atoms with Crippen LogP contribution < -0.4 is 0 Å². The predicted octanol–water partition coefficient (Wildman–Crippen LogP) is 2.39. The van der Waals surface area contributed by atoms with Crippen molar-refractivity contribution in [3.63, 3.8) is 0 Å². The lowest BCUT2D eigenvalue weighted by Gasteiger charge is -2.08. The molecule has 0 aromatic rings. The molecule has 0 amide bonds. The molecule has 0 N–H and O–H groups in total. The molecule has 0 fully saturated rings. The lowest BCUT2D eigenvalue weighted by Crippen LogP contribution is -2.21. The fourth-order valence-corrected chi connectivity index (χ4v) is 0. The van der Waals surface area contributed by atoms with Crippen LogP contribution in [0.5, 0.6) is 0 Å². The summed E-state index contributed by atoms with van der Waals surface area (Å²) in [4.78, 5) is 0. The molecular formula is C8H18F6O6S6. The molecule has 0 unspecified atom stereocenters. The minimum atomic E-state index is -6.09. The zero-order valence-electron chi connectivity index (χ0n) is 14.2. The largest absolute Gasteiger partial charge is 0.741 e. The van der Waals surface area contributed by atoms with Crippen molar-refractivity contribution in [1.82, 2.24) is 0 Å². The molecule has 0 spiro atoms. The normalized spacial score (nSPS) is 12.3. The maximum Gasteiger partial charge on any atom is 0.485 e. The number of hydrogen-bond acceptors (Lipinski definition) is 8. The van der Waals surface area contributed by atoms with E-state index in [9.17, 15) is 26.3 Å². The van der Waals surface area contributed by atoms with E-state index >= 15 is 0 Å². The van der Waals surface area contributed by atoms with E-state index in [0.717, 1.165) is 0 Å². The molecule has 0 heterocycles. The van der Waals surface area contributed by atoms with Crippen molar-refractivity contribution >= 4 is 61.7 Å². The average Bonchev–Trinajstić information content (AvgIpc) is 2.36. The third kappa shape index (κ3) is 27.0. The molecule has 0 aliphatic rings. The van der Waals surface area contributed by atoms with E-state index in [1.54, 1.807) is 0 Å². The van der Waals surface area contributed by atoms with Gasteiger partial charge in [0.2, 0.25) is 0 Å². The van der Waals surface area contributed by atoms with Crippen LogP contribution in [0.2, 0.25) is 0 Å². The summed E-state index contributed by atoms with van der Waals surface area (Å²) in [6.07, 6.45) is 13.1. The van der Waals surface area contributed by atoms with Crippen LogP contribution in [-0.2, 0) is 40.1 Å². The minimum absolute atomic E-state index is 0.594. The SMILES string of the molecule is CS[S+](C)C.CS[S+](C)C.O=S(=O)([O-])C(F)(F)F.O=S(=O)([O-])C(F)(F)F. The van der Waals surface area contributed by atoms with Gasteiger partial charge in [-0.05, 0) is 0 Å². The second-order valence-electron chi connectivity index (χ2n) is 3.62. The third-order valence-electron chi connectivity index (χ3n) is 1.23. The van der Waals surface area contributed by atoms with Crippen LogP contribution in [0.1, 0.15) is 0 Å². The Morgan fingerprint density at radius 1 is 0.654 bits per heavy atom. The summed E-state index contributed by atoms with van der Waals surface area (Å²) in [5.74, 6) is 0. The maximum absolute atomic E-state index is 10.7. The Morgan fingerprint density at radius 3 is 0.731 bits per heavy atom. The zero-order chi connectivity index (χ0) is 22.6. The molecule has 18 heteroatoms. The Bertz CT molecular complexity index is 491. The first-order valence-electron chi connectivity index (χ1n) is 5.32. The van der Waals surface area contributed by atoms with Crippen LogP contribution >= 0.6 is 21.6 Å². The van der Waals surface area contributed by atoms with Gasteiger partial charge >= 0.3 is 11.0 Å². The van der Waals surface area contributed by atoms with Crippen molar-refractivity contribution < 1.29 is 52.3 Å². The fourth-order valence-electron chi connectivity index (χ4n) is 0. The van der Waals surface area contributed by atoms with Gasteiger partial charge in [0.25, 0.3) is 0 Å². The van der Waals surface area contributed by atoms with Crippen LogP contribution in [0.25, 0.3) is 0 Å². The van der Waals surface area contributed by atoms with Crippen LogP contribution in [0, 0.1) is 0 Å². The first-order chi connectivity index (χ1) is 11.0. The molecule has 164 valence electrons. The molecule has 0 aliphatic heterocycles. The molecule has 0 aliphatic carbocycles. The molecule has 0 rings (SSSR count). The van der Waals surface area contributed by atoms with Crippen molar-refractivity contribution in [3.05, 3.63) is 0 Å². The monoisotopic (exact) mass is 516 g/mol. The summed E-state index contributed by atoms with van der Waals surface area (Å²) in [5.41, 5.74) is -11.3. The molecule has 0 saturated heterocycles. The topological polar surface area (TPSA) is 114 Å². The van der Waals surface area contributed by atoms with Gasteiger partial charge in [-0.1, -0.05) is 0 Å². The first-order valence-corrected chi connectivity index (χ1v) is 15.7. The minimum Gasteiger partial charge on any atom is -0.741 e. The lowest BCUT2D eigenvalue weighted by molar-refractivity contribution is -0.0522. The summed E-state index contributed by atoms with van der Waals surface area (Å²) in [5, 5.41) is 0. The van der Waals surface area contributed by atoms with Gasteiger partial charge in [0.1, 0.15) is 25.0 Å². The van der Waals surface area contributed by atoms with Crippen molar-refractivity contribution in [1.29, 1.82) is 0 Å². The Balaban J connectivity index is -0.000000127. The molecule has 6 nitrogen and oxygen atoms in total. The van der Waals surface area contributed by atoms with Crippen molar-refractivity contribution in [2.75, 3.05) is 37.5 Å². The fraction of sp³-hybridized carbons (Fsp3) is 1.00. The molecule has 0 aromatic heterocycles. The van der Waals surface area contributed by atoms with Crippen molar-refractivity contribution in [3.8, 4) is 0 Å². The average molecular weight is 517 g/mol. The van der Waals surface area contributed by atoms with Gasteiger partial charge in [-0.25, -0.2) is 16.8 Å². The molecule has 26 heavy (non-hydrogen) atoms. The molecule has 0 atom stereocenters. The van der Waals surface area contributed by atoms with Gasteiger partial charge in [0.05, 0.1) is 41.4 Å². The zero-order valence-corrected chi connectivity index (χ0v) is 19.1. The Morgan fingerprint density at radius 2 is 0.731 bits per heavy atom. The molecular weight excluding hydrogens is 498 g/mol. The summed E-state index contributed by atoms with van der Waals surface area (Å²) in [7, 11) is -7.18.